The molecule has 0 aromatic heterocycles. The lowest BCUT2D eigenvalue weighted by atomic mass is 9.63. The largest absolute Gasteiger partial charge is 0.378 e. The summed E-state index contributed by atoms with van der Waals surface area (Å²) in [6.07, 6.45) is 24.2. The van der Waals surface area contributed by atoms with Gasteiger partial charge in [0.15, 0.2) is 0 Å². The van der Waals surface area contributed by atoms with Crippen LogP contribution in [0.1, 0.15) is 122 Å². The molecule has 0 aromatic carbocycles. The highest BCUT2D eigenvalue weighted by atomic mass is 19.3. The maximum atomic E-state index is 12.5. The van der Waals surface area contributed by atoms with E-state index in [1.54, 1.807) is 0 Å². The van der Waals surface area contributed by atoms with Crippen LogP contribution in [0.3, 0.4) is 0 Å². The van der Waals surface area contributed by atoms with Crippen molar-refractivity contribution in [2.45, 2.75) is 129 Å². The summed E-state index contributed by atoms with van der Waals surface area (Å²) in [7, 11) is 0. The second-order valence-corrected chi connectivity index (χ2v) is 12.2. The summed E-state index contributed by atoms with van der Waals surface area (Å²) in [6.45, 7) is 3.21. The third kappa shape index (κ3) is 7.52. The van der Waals surface area contributed by atoms with Crippen LogP contribution in [0.25, 0.3) is 0 Å². The topological polar surface area (TPSA) is 9.23 Å². The fraction of sp³-hybridized carbons (Fsp3) is 0.933. The number of hydrogen-bond donors (Lipinski definition) is 0. The van der Waals surface area contributed by atoms with E-state index in [9.17, 15) is 8.78 Å². The first kappa shape index (κ1) is 25.6. The minimum absolute atomic E-state index is 0.140. The molecular formula is C30H50F2O. The molecule has 4 aliphatic carbocycles. The van der Waals surface area contributed by atoms with Crippen molar-refractivity contribution < 1.29 is 13.5 Å². The van der Waals surface area contributed by atoms with Crippen LogP contribution in [0.15, 0.2) is 12.2 Å². The molecule has 4 fully saturated rings. The Balaban J connectivity index is 1.11. The molecule has 4 saturated carbocycles. The number of hydrogen-bond acceptors (Lipinski definition) is 1. The molecule has 0 bridgehead atoms. The highest BCUT2D eigenvalue weighted by Gasteiger charge is 2.36. The van der Waals surface area contributed by atoms with Gasteiger partial charge in [-0.1, -0.05) is 13.3 Å². The smallest absolute Gasteiger partial charge is 0.266 e. The first-order valence-electron chi connectivity index (χ1n) is 14.8. The van der Waals surface area contributed by atoms with Crippen LogP contribution in [-0.2, 0) is 4.74 Å². The van der Waals surface area contributed by atoms with Gasteiger partial charge >= 0.3 is 0 Å². The second kappa shape index (κ2) is 13.0. The van der Waals surface area contributed by atoms with Crippen molar-refractivity contribution in [2.24, 2.45) is 41.4 Å². The van der Waals surface area contributed by atoms with E-state index in [1.807, 2.05) is 0 Å². The van der Waals surface area contributed by atoms with E-state index in [2.05, 4.69) is 6.92 Å². The van der Waals surface area contributed by atoms with Gasteiger partial charge in [0.1, 0.15) is 0 Å². The molecule has 0 heterocycles. The quantitative estimate of drug-likeness (QED) is 0.325. The van der Waals surface area contributed by atoms with E-state index in [4.69, 9.17) is 4.74 Å². The molecule has 0 N–H and O–H groups in total. The molecule has 4 rings (SSSR count). The third-order valence-electron chi connectivity index (χ3n) is 10.4. The average molecular weight is 465 g/mol. The number of halogens is 2. The summed E-state index contributed by atoms with van der Waals surface area (Å²) < 4.78 is 31.2. The van der Waals surface area contributed by atoms with Gasteiger partial charge in [-0.2, -0.15) is 8.78 Å². The van der Waals surface area contributed by atoms with Gasteiger partial charge in [-0.05, 0) is 157 Å². The van der Waals surface area contributed by atoms with Gasteiger partial charge in [-0.25, -0.2) is 0 Å². The molecule has 190 valence electrons. The zero-order chi connectivity index (χ0) is 23.0. The lowest BCUT2D eigenvalue weighted by Crippen LogP contribution is -2.32. The first-order chi connectivity index (χ1) is 16.1. The number of ether oxygens (including phenoxy) is 1. The van der Waals surface area contributed by atoms with Gasteiger partial charge in [0.25, 0.3) is 6.08 Å². The van der Waals surface area contributed by atoms with E-state index in [-0.39, 0.29) is 5.92 Å². The van der Waals surface area contributed by atoms with Crippen molar-refractivity contribution in [2.75, 3.05) is 6.61 Å². The Morgan fingerprint density at radius 2 is 0.970 bits per heavy atom. The Morgan fingerprint density at radius 3 is 1.33 bits per heavy atom. The fourth-order valence-electron chi connectivity index (χ4n) is 8.26. The monoisotopic (exact) mass is 464 g/mol. The Hall–Kier alpha value is -0.440. The standard InChI is InChI=1S/C30H50F2O/c1-2-3-20-33-29-18-16-28(17-19-29)27-14-12-26(13-15-27)25-10-8-24(9-11-25)23-6-4-22(5-7-23)21-30(31)32/h21-29H,2-20H2,1H3. The summed E-state index contributed by atoms with van der Waals surface area (Å²) >= 11 is 0. The van der Waals surface area contributed by atoms with Crippen molar-refractivity contribution in [3.63, 3.8) is 0 Å². The minimum atomic E-state index is -1.47. The van der Waals surface area contributed by atoms with Crippen LogP contribution < -0.4 is 0 Å². The highest BCUT2D eigenvalue weighted by molar-refractivity contribution is 4.93. The Labute approximate surface area is 202 Å². The van der Waals surface area contributed by atoms with E-state index in [1.165, 1.54) is 109 Å². The summed E-state index contributed by atoms with van der Waals surface area (Å²) in [5.41, 5.74) is 0. The summed E-state index contributed by atoms with van der Waals surface area (Å²) in [5, 5.41) is 0. The SMILES string of the molecule is CCCCOC1CCC(C2CCC(C3CCC(C4CCC(C=C(F)F)CC4)CC3)CC2)CC1. The molecule has 0 aromatic rings. The summed E-state index contributed by atoms with van der Waals surface area (Å²) in [4.78, 5) is 0. The molecular weight excluding hydrogens is 414 g/mol. The van der Waals surface area contributed by atoms with Crippen LogP contribution in [-0.4, -0.2) is 12.7 Å². The van der Waals surface area contributed by atoms with E-state index in [0.717, 1.165) is 55.0 Å². The molecule has 0 saturated heterocycles. The first-order valence-corrected chi connectivity index (χ1v) is 14.8. The Morgan fingerprint density at radius 1 is 0.606 bits per heavy atom. The van der Waals surface area contributed by atoms with E-state index >= 15 is 0 Å². The molecule has 3 heteroatoms. The van der Waals surface area contributed by atoms with E-state index < -0.39 is 6.08 Å². The lowest BCUT2D eigenvalue weighted by Gasteiger charge is -2.43. The van der Waals surface area contributed by atoms with Crippen molar-refractivity contribution in [3.8, 4) is 0 Å². The highest BCUT2D eigenvalue weighted by Crippen LogP contribution is 2.48. The molecule has 0 atom stereocenters. The Bertz CT molecular complexity index is 568. The summed E-state index contributed by atoms with van der Waals surface area (Å²) in [5.74, 6) is 5.77. The fourth-order valence-corrected chi connectivity index (χ4v) is 8.26. The molecule has 0 radical (unpaired) electrons. The van der Waals surface area contributed by atoms with Crippen molar-refractivity contribution in [1.82, 2.24) is 0 Å². The molecule has 0 aliphatic heterocycles. The van der Waals surface area contributed by atoms with Gasteiger partial charge in [-0.3, -0.25) is 0 Å². The molecule has 33 heavy (non-hydrogen) atoms. The van der Waals surface area contributed by atoms with Crippen molar-refractivity contribution in [1.29, 1.82) is 0 Å². The zero-order valence-corrected chi connectivity index (χ0v) is 21.3. The van der Waals surface area contributed by atoms with Gasteiger partial charge in [0.05, 0.1) is 6.10 Å². The molecule has 4 aliphatic rings. The zero-order valence-electron chi connectivity index (χ0n) is 21.3. The lowest BCUT2D eigenvalue weighted by molar-refractivity contribution is 0.00401. The van der Waals surface area contributed by atoms with Crippen LogP contribution in [0, 0.1) is 41.4 Å². The predicted octanol–water partition coefficient (Wildman–Crippen LogP) is 9.56. The van der Waals surface area contributed by atoms with Gasteiger partial charge in [0, 0.05) is 6.61 Å². The van der Waals surface area contributed by atoms with Crippen LogP contribution in [0.5, 0.6) is 0 Å². The third-order valence-corrected chi connectivity index (χ3v) is 10.4. The van der Waals surface area contributed by atoms with Crippen LogP contribution in [0.2, 0.25) is 0 Å². The normalized spacial score (nSPS) is 40.3. The van der Waals surface area contributed by atoms with Crippen LogP contribution >= 0.6 is 0 Å². The maximum Gasteiger partial charge on any atom is 0.266 e. The molecule has 0 amide bonds. The van der Waals surface area contributed by atoms with E-state index in [0.29, 0.717) is 6.10 Å². The maximum absolute atomic E-state index is 12.5. The number of unbranched alkanes of at least 4 members (excludes halogenated alkanes) is 1. The Kier molecular flexibility index (Phi) is 10.1. The molecule has 1 nitrogen and oxygen atoms in total. The number of allylic oxidation sites excluding steroid dienone is 1. The number of rotatable bonds is 8. The van der Waals surface area contributed by atoms with Gasteiger partial charge in [-0.15, -0.1) is 0 Å². The average Bonchev–Trinajstić information content (AvgIpc) is 2.85. The van der Waals surface area contributed by atoms with Gasteiger partial charge in [0.2, 0.25) is 0 Å². The molecule has 0 unspecified atom stereocenters. The predicted molar refractivity (Wildman–Crippen MR) is 133 cm³/mol. The molecule has 0 spiro atoms. The van der Waals surface area contributed by atoms with Crippen molar-refractivity contribution >= 4 is 0 Å². The van der Waals surface area contributed by atoms with Gasteiger partial charge < -0.3 is 4.74 Å². The summed E-state index contributed by atoms with van der Waals surface area (Å²) in [6, 6.07) is 0. The second-order valence-electron chi connectivity index (χ2n) is 12.2. The van der Waals surface area contributed by atoms with Crippen molar-refractivity contribution in [3.05, 3.63) is 12.2 Å². The minimum Gasteiger partial charge on any atom is -0.378 e. The van der Waals surface area contributed by atoms with Crippen LogP contribution in [0.4, 0.5) is 8.78 Å².